The zero-order chi connectivity index (χ0) is 10.1. The van der Waals surface area contributed by atoms with Crippen LogP contribution in [-0.2, 0) is 10.1 Å². The molecule has 5 nitrogen and oxygen atoms in total. The van der Waals surface area contributed by atoms with Gasteiger partial charge in [-0.1, -0.05) is 0 Å². The van der Waals surface area contributed by atoms with Gasteiger partial charge in [-0.15, -0.1) is 0 Å². The van der Waals surface area contributed by atoms with Crippen molar-refractivity contribution in [3.05, 3.63) is 18.2 Å². The molecule has 0 fully saturated rings. The molecule has 0 bridgehead atoms. The quantitative estimate of drug-likeness (QED) is 0.575. The molecule has 1 aromatic rings. The van der Waals surface area contributed by atoms with Gasteiger partial charge >= 0.3 is 0 Å². The Kier molecular flexibility index (Phi) is 5.59. The average molecular weight is 243 g/mol. The summed E-state index contributed by atoms with van der Waals surface area (Å²) in [5.41, 5.74) is 0. The molecule has 0 saturated carbocycles. The van der Waals surface area contributed by atoms with E-state index in [0.717, 1.165) is 18.2 Å². The van der Waals surface area contributed by atoms with Crippen LogP contribution in [0, 0.1) is 0 Å². The van der Waals surface area contributed by atoms with Gasteiger partial charge in [-0.05, 0) is 12.1 Å². The molecule has 0 aliphatic carbocycles. The van der Waals surface area contributed by atoms with E-state index in [4.69, 9.17) is 9.66 Å². The second-order valence-corrected chi connectivity index (χ2v) is 3.73. The third-order valence-electron chi connectivity index (χ3n) is 1.45. The summed E-state index contributed by atoms with van der Waals surface area (Å²) in [4.78, 5) is -0.317. The van der Waals surface area contributed by atoms with Crippen LogP contribution in [0.1, 0.15) is 0 Å². The van der Waals surface area contributed by atoms with E-state index in [9.17, 15) is 8.42 Å². The van der Waals surface area contributed by atoms with Gasteiger partial charge in [0.1, 0.15) is 0 Å². The molecule has 1 radical (unpaired) electrons. The van der Waals surface area contributed by atoms with E-state index in [1.54, 1.807) is 0 Å². The minimum Gasteiger partial charge on any atom is -0.504 e. The second kappa shape index (κ2) is 5.45. The normalized spacial score (nSPS) is 10.4. The maximum atomic E-state index is 10.6. The zero-order valence-electron chi connectivity index (χ0n) is 7.76. The van der Waals surface area contributed by atoms with Crippen LogP contribution >= 0.6 is 0 Å². The smallest absolute Gasteiger partial charge is 0.294 e. The monoisotopic (exact) mass is 243 g/mol. The van der Waals surface area contributed by atoms with Gasteiger partial charge in [0.25, 0.3) is 10.1 Å². The van der Waals surface area contributed by atoms with Gasteiger partial charge in [-0.3, -0.25) is 4.55 Å². The largest absolute Gasteiger partial charge is 0.504 e. The Morgan fingerprint density at radius 2 is 1.93 bits per heavy atom. The molecular formula is C7H8KO5S. The molecule has 1 aromatic carbocycles. The van der Waals surface area contributed by atoms with E-state index in [0.29, 0.717) is 0 Å². The summed E-state index contributed by atoms with van der Waals surface area (Å²) in [5.74, 6) is -0.190. The predicted octanol–water partition coefficient (Wildman–Crippen LogP) is 0.267. The predicted molar refractivity (Wildman–Crippen MR) is 50.2 cm³/mol. The van der Waals surface area contributed by atoms with Crippen molar-refractivity contribution >= 4 is 61.5 Å². The zero-order valence-corrected chi connectivity index (χ0v) is 11.7. The van der Waals surface area contributed by atoms with E-state index in [1.807, 2.05) is 0 Å². The molecule has 0 atom stereocenters. The third kappa shape index (κ3) is 3.50. The molecule has 0 aromatic heterocycles. The fourth-order valence-electron chi connectivity index (χ4n) is 0.818. The fraction of sp³-hybridized carbons (Fsp3) is 0.143. The molecule has 0 heterocycles. The Morgan fingerprint density at radius 1 is 1.36 bits per heavy atom. The molecule has 14 heavy (non-hydrogen) atoms. The fourth-order valence-corrected chi connectivity index (χ4v) is 1.31. The summed E-state index contributed by atoms with van der Waals surface area (Å²) in [6, 6.07) is 3.24. The Labute approximate surface area is 124 Å². The van der Waals surface area contributed by atoms with Crippen molar-refractivity contribution in [3.8, 4) is 11.5 Å². The van der Waals surface area contributed by atoms with Crippen LogP contribution in [0.4, 0.5) is 0 Å². The Hall–Kier alpha value is 0.366. The Bertz CT molecular complexity index is 414. The van der Waals surface area contributed by atoms with Crippen LogP contribution in [0.3, 0.4) is 0 Å². The van der Waals surface area contributed by atoms with Crippen LogP contribution in [-0.4, -0.2) is 76.6 Å². The second-order valence-electron chi connectivity index (χ2n) is 2.31. The van der Waals surface area contributed by atoms with Gasteiger partial charge in [0.05, 0.1) is 12.0 Å². The van der Waals surface area contributed by atoms with Crippen molar-refractivity contribution in [2.75, 3.05) is 7.11 Å². The molecule has 73 valence electrons. The SMILES string of the molecule is COc1cc(S(=O)(=O)O)ccc1O.[K]. The molecule has 0 aliphatic rings. The molecule has 1 rings (SSSR count). The van der Waals surface area contributed by atoms with Crippen LogP contribution in [0.2, 0.25) is 0 Å². The number of aromatic hydroxyl groups is 1. The van der Waals surface area contributed by atoms with Gasteiger partial charge in [0.15, 0.2) is 11.5 Å². The van der Waals surface area contributed by atoms with Gasteiger partial charge in [0, 0.05) is 57.5 Å². The summed E-state index contributed by atoms with van der Waals surface area (Å²) in [7, 11) is -2.96. The molecule has 0 spiro atoms. The average Bonchev–Trinajstić information content (AvgIpc) is 2.03. The van der Waals surface area contributed by atoms with E-state index in [-0.39, 0.29) is 67.8 Å². The molecule has 0 unspecified atom stereocenters. The van der Waals surface area contributed by atoms with E-state index in [2.05, 4.69) is 4.74 Å². The van der Waals surface area contributed by atoms with Crippen LogP contribution < -0.4 is 4.74 Å². The van der Waals surface area contributed by atoms with Crippen LogP contribution in [0.25, 0.3) is 0 Å². The summed E-state index contributed by atoms with van der Waals surface area (Å²) >= 11 is 0. The van der Waals surface area contributed by atoms with Crippen LogP contribution in [0.5, 0.6) is 11.5 Å². The molecule has 0 saturated heterocycles. The van der Waals surface area contributed by atoms with Crippen molar-refractivity contribution in [2.24, 2.45) is 0 Å². The summed E-state index contributed by atoms with van der Waals surface area (Å²) in [6.45, 7) is 0. The standard InChI is InChI=1S/C7H8O5S.K/c1-12-7-4-5(13(9,10)11)2-3-6(7)8;/h2-4,8H,1H3,(H,9,10,11);. The van der Waals surface area contributed by atoms with Crippen molar-refractivity contribution in [2.45, 2.75) is 4.90 Å². The Morgan fingerprint density at radius 3 is 2.36 bits per heavy atom. The first-order valence-electron chi connectivity index (χ1n) is 3.29. The number of hydrogen-bond donors (Lipinski definition) is 2. The molecule has 0 aliphatic heterocycles. The maximum Gasteiger partial charge on any atom is 0.294 e. The van der Waals surface area contributed by atoms with Gasteiger partial charge in [-0.2, -0.15) is 8.42 Å². The number of phenolic OH excluding ortho intramolecular Hbond substituents is 1. The first-order valence-corrected chi connectivity index (χ1v) is 4.73. The summed E-state index contributed by atoms with van der Waals surface area (Å²) in [5, 5.41) is 9.10. The van der Waals surface area contributed by atoms with Gasteiger partial charge in [-0.25, -0.2) is 0 Å². The number of benzene rings is 1. The van der Waals surface area contributed by atoms with Crippen LogP contribution in [0.15, 0.2) is 23.1 Å². The number of ether oxygens (including phenoxy) is 1. The first kappa shape index (κ1) is 14.4. The van der Waals surface area contributed by atoms with Crippen molar-refractivity contribution in [3.63, 3.8) is 0 Å². The number of rotatable bonds is 2. The van der Waals surface area contributed by atoms with Crippen molar-refractivity contribution in [1.29, 1.82) is 0 Å². The number of hydrogen-bond acceptors (Lipinski definition) is 4. The molecular weight excluding hydrogens is 235 g/mol. The van der Waals surface area contributed by atoms with Crippen molar-refractivity contribution in [1.82, 2.24) is 0 Å². The number of methoxy groups -OCH3 is 1. The first-order chi connectivity index (χ1) is 5.95. The minimum absolute atomic E-state index is 0. The Balaban J connectivity index is 0.00000169. The minimum atomic E-state index is -4.24. The van der Waals surface area contributed by atoms with E-state index in [1.165, 1.54) is 7.11 Å². The number of phenols is 1. The topological polar surface area (TPSA) is 83.8 Å². The summed E-state index contributed by atoms with van der Waals surface area (Å²) in [6.07, 6.45) is 0. The van der Waals surface area contributed by atoms with E-state index >= 15 is 0 Å². The molecule has 0 amide bonds. The molecule has 2 N–H and O–H groups in total. The van der Waals surface area contributed by atoms with Crippen molar-refractivity contribution < 1.29 is 22.8 Å². The molecule has 7 heteroatoms. The van der Waals surface area contributed by atoms with E-state index < -0.39 is 10.1 Å². The maximum absolute atomic E-state index is 10.6. The third-order valence-corrected chi connectivity index (χ3v) is 2.30. The summed E-state index contributed by atoms with van der Waals surface area (Å²) < 4.78 is 34.6. The van der Waals surface area contributed by atoms with Gasteiger partial charge in [0.2, 0.25) is 0 Å². The van der Waals surface area contributed by atoms with Gasteiger partial charge < -0.3 is 9.84 Å².